The van der Waals surface area contributed by atoms with E-state index in [1.54, 1.807) is 27.7 Å². The Balaban J connectivity index is 2.41. The van der Waals surface area contributed by atoms with Crippen LogP contribution < -0.4 is 5.32 Å². The lowest BCUT2D eigenvalue weighted by molar-refractivity contribution is -0.176. The number of carbonyl (C=O) groups is 2. The van der Waals surface area contributed by atoms with Crippen molar-refractivity contribution in [2.75, 3.05) is 13.1 Å². The molecule has 1 saturated heterocycles. The Morgan fingerprint density at radius 2 is 2.00 bits per heavy atom. The van der Waals surface area contributed by atoms with Gasteiger partial charge >= 0.3 is 11.9 Å². The molecule has 0 aliphatic carbocycles. The number of ether oxygens (including phenoxy) is 2. The van der Waals surface area contributed by atoms with Crippen molar-refractivity contribution < 1.29 is 19.1 Å². The SMILES string of the molecule is C[C@@H](OC(=O)C1CCCNC1)C(=O)OC(C)(C)C. The molecule has 0 spiro atoms. The van der Waals surface area contributed by atoms with Gasteiger partial charge in [-0.15, -0.1) is 0 Å². The van der Waals surface area contributed by atoms with Crippen molar-refractivity contribution in [3.8, 4) is 0 Å². The molecule has 1 unspecified atom stereocenters. The van der Waals surface area contributed by atoms with Gasteiger partial charge in [-0.25, -0.2) is 4.79 Å². The highest BCUT2D eigenvalue weighted by Gasteiger charge is 2.28. The minimum atomic E-state index is -0.848. The average molecular weight is 257 g/mol. The van der Waals surface area contributed by atoms with Gasteiger partial charge in [-0.3, -0.25) is 4.79 Å². The Bertz CT molecular complexity index is 303. The van der Waals surface area contributed by atoms with Crippen LogP contribution in [0.4, 0.5) is 0 Å². The summed E-state index contributed by atoms with van der Waals surface area (Å²) in [6.07, 6.45) is 0.923. The monoisotopic (exact) mass is 257 g/mol. The molecule has 1 rings (SSSR count). The number of carbonyl (C=O) groups excluding carboxylic acids is 2. The van der Waals surface area contributed by atoms with E-state index < -0.39 is 17.7 Å². The van der Waals surface area contributed by atoms with E-state index in [0.717, 1.165) is 19.4 Å². The van der Waals surface area contributed by atoms with E-state index in [-0.39, 0.29) is 11.9 Å². The van der Waals surface area contributed by atoms with Crippen molar-refractivity contribution in [1.82, 2.24) is 5.32 Å². The third-order valence-electron chi connectivity index (χ3n) is 2.66. The highest BCUT2D eigenvalue weighted by Crippen LogP contribution is 2.14. The Morgan fingerprint density at radius 3 is 2.50 bits per heavy atom. The van der Waals surface area contributed by atoms with Crippen molar-refractivity contribution in [2.45, 2.75) is 52.2 Å². The van der Waals surface area contributed by atoms with Crippen LogP contribution in [0.5, 0.6) is 0 Å². The molecular formula is C13H23NO4. The maximum atomic E-state index is 11.8. The third-order valence-corrected chi connectivity index (χ3v) is 2.66. The Hall–Kier alpha value is -1.10. The summed E-state index contributed by atoms with van der Waals surface area (Å²) < 4.78 is 10.3. The summed E-state index contributed by atoms with van der Waals surface area (Å²) in [6, 6.07) is 0. The number of nitrogens with one attached hydrogen (secondary N) is 1. The zero-order chi connectivity index (χ0) is 13.8. The first-order chi connectivity index (χ1) is 8.29. The smallest absolute Gasteiger partial charge is 0.347 e. The lowest BCUT2D eigenvalue weighted by atomic mass is 10.00. The van der Waals surface area contributed by atoms with Crippen LogP contribution in [0.2, 0.25) is 0 Å². The fourth-order valence-electron chi connectivity index (χ4n) is 1.76. The Labute approximate surface area is 108 Å². The molecule has 2 atom stereocenters. The largest absolute Gasteiger partial charge is 0.457 e. The molecule has 0 aromatic rings. The van der Waals surface area contributed by atoms with Gasteiger partial charge in [-0.05, 0) is 47.1 Å². The second-order valence-electron chi connectivity index (χ2n) is 5.66. The quantitative estimate of drug-likeness (QED) is 0.771. The molecule has 1 N–H and O–H groups in total. The van der Waals surface area contributed by atoms with Crippen LogP contribution >= 0.6 is 0 Å². The van der Waals surface area contributed by atoms with Crippen LogP contribution in [-0.2, 0) is 19.1 Å². The van der Waals surface area contributed by atoms with E-state index in [0.29, 0.717) is 6.54 Å². The first-order valence-electron chi connectivity index (χ1n) is 6.43. The summed E-state index contributed by atoms with van der Waals surface area (Å²) in [7, 11) is 0. The molecule has 0 amide bonds. The molecule has 0 radical (unpaired) electrons. The second kappa shape index (κ2) is 6.18. The highest BCUT2D eigenvalue weighted by atomic mass is 16.6. The molecule has 1 fully saturated rings. The van der Waals surface area contributed by atoms with E-state index in [1.165, 1.54) is 0 Å². The second-order valence-corrected chi connectivity index (χ2v) is 5.66. The van der Waals surface area contributed by atoms with Gasteiger partial charge in [0.1, 0.15) is 5.60 Å². The number of piperidine rings is 1. The summed E-state index contributed by atoms with van der Waals surface area (Å²) in [5, 5.41) is 3.14. The van der Waals surface area contributed by atoms with Gasteiger partial charge in [0.2, 0.25) is 0 Å². The van der Waals surface area contributed by atoms with Crippen LogP contribution in [-0.4, -0.2) is 36.7 Å². The molecular weight excluding hydrogens is 234 g/mol. The van der Waals surface area contributed by atoms with Crippen LogP contribution in [0.15, 0.2) is 0 Å². The molecule has 1 aliphatic rings. The maximum absolute atomic E-state index is 11.8. The predicted octanol–water partition coefficient (Wildman–Crippen LogP) is 1.26. The fraction of sp³-hybridized carbons (Fsp3) is 0.846. The lowest BCUT2D eigenvalue weighted by Crippen LogP contribution is -2.39. The molecule has 5 heteroatoms. The van der Waals surface area contributed by atoms with Gasteiger partial charge in [-0.2, -0.15) is 0 Å². The van der Waals surface area contributed by atoms with Gasteiger partial charge in [0, 0.05) is 6.54 Å². The average Bonchev–Trinajstić information content (AvgIpc) is 2.27. The van der Waals surface area contributed by atoms with Gasteiger partial charge in [0.25, 0.3) is 0 Å². The van der Waals surface area contributed by atoms with Gasteiger partial charge in [-0.1, -0.05) is 0 Å². The lowest BCUT2D eigenvalue weighted by Gasteiger charge is -2.25. The molecule has 0 saturated carbocycles. The van der Waals surface area contributed by atoms with Crippen molar-refractivity contribution in [3.63, 3.8) is 0 Å². The highest BCUT2D eigenvalue weighted by molar-refractivity contribution is 5.80. The van der Waals surface area contributed by atoms with E-state index in [1.807, 2.05) is 0 Å². The molecule has 0 aromatic heterocycles. The molecule has 104 valence electrons. The van der Waals surface area contributed by atoms with Gasteiger partial charge < -0.3 is 14.8 Å². The molecule has 0 bridgehead atoms. The van der Waals surface area contributed by atoms with Gasteiger partial charge in [0.05, 0.1) is 5.92 Å². The molecule has 1 aliphatic heterocycles. The summed E-state index contributed by atoms with van der Waals surface area (Å²) in [5.41, 5.74) is -0.565. The molecule has 0 aromatic carbocycles. The van der Waals surface area contributed by atoms with Crippen molar-refractivity contribution in [3.05, 3.63) is 0 Å². The summed E-state index contributed by atoms with van der Waals surface area (Å²) in [6.45, 7) is 8.45. The van der Waals surface area contributed by atoms with Crippen molar-refractivity contribution in [2.24, 2.45) is 5.92 Å². The van der Waals surface area contributed by atoms with E-state index in [2.05, 4.69) is 5.32 Å². The Kier molecular flexibility index (Phi) is 5.14. The van der Waals surface area contributed by atoms with Gasteiger partial charge in [0.15, 0.2) is 6.10 Å². The van der Waals surface area contributed by atoms with E-state index in [4.69, 9.17) is 9.47 Å². The summed E-state index contributed by atoms with van der Waals surface area (Å²) >= 11 is 0. The maximum Gasteiger partial charge on any atom is 0.347 e. The zero-order valence-electron chi connectivity index (χ0n) is 11.6. The Morgan fingerprint density at radius 1 is 1.33 bits per heavy atom. The van der Waals surface area contributed by atoms with Crippen LogP contribution in [0.25, 0.3) is 0 Å². The van der Waals surface area contributed by atoms with Crippen LogP contribution in [0, 0.1) is 5.92 Å². The first-order valence-corrected chi connectivity index (χ1v) is 6.43. The third kappa shape index (κ3) is 5.04. The van der Waals surface area contributed by atoms with E-state index >= 15 is 0 Å². The summed E-state index contributed by atoms with van der Waals surface area (Å²) in [5.74, 6) is -0.969. The number of hydrogen-bond acceptors (Lipinski definition) is 5. The first kappa shape index (κ1) is 15.0. The summed E-state index contributed by atoms with van der Waals surface area (Å²) in [4.78, 5) is 23.5. The van der Waals surface area contributed by atoms with Crippen molar-refractivity contribution >= 4 is 11.9 Å². The minimum absolute atomic E-state index is 0.149. The number of rotatable bonds is 3. The van der Waals surface area contributed by atoms with Crippen molar-refractivity contribution in [1.29, 1.82) is 0 Å². The topological polar surface area (TPSA) is 64.6 Å². The predicted molar refractivity (Wildman–Crippen MR) is 67.0 cm³/mol. The van der Waals surface area contributed by atoms with Crippen LogP contribution in [0.3, 0.4) is 0 Å². The minimum Gasteiger partial charge on any atom is -0.457 e. The standard InChI is InChI=1S/C13H23NO4/c1-9(11(15)18-13(2,3)4)17-12(16)10-6-5-7-14-8-10/h9-10,14H,5-8H2,1-4H3/t9-,10?/m1/s1. The molecule has 1 heterocycles. The molecule has 5 nitrogen and oxygen atoms in total. The fourth-order valence-corrected chi connectivity index (χ4v) is 1.76. The van der Waals surface area contributed by atoms with Crippen LogP contribution in [0.1, 0.15) is 40.5 Å². The number of esters is 2. The zero-order valence-corrected chi connectivity index (χ0v) is 11.6. The van der Waals surface area contributed by atoms with E-state index in [9.17, 15) is 9.59 Å². The molecule has 18 heavy (non-hydrogen) atoms. The normalized spacial score (nSPS) is 22.1. The number of hydrogen-bond donors (Lipinski definition) is 1.